The molecule has 1 aliphatic heterocycles. The van der Waals surface area contributed by atoms with Crippen LogP contribution >= 0.6 is 11.8 Å². The molecule has 1 unspecified atom stereocenters. The van der Waals surface area contributed by atoms with Gasteiger partial charge in [0.25, 0.3) is 0 Å². The van der Waals surface area contributed by atoms with Crippen molar-refractivity contribution < 1.29 is 13.6 Å². The van der Waals surface area contributed by atoms with Gasteiger partial charge in [0.2, 0.25) is 0 Å². The second-order valence-corrected chi connectivity index (χ2v) is 10.5. The van der Waals surface area contributed by atoms with Gasteiger partial charge < -0.3 is 8.98 Å². The molecule has 4 heterocycles. The average molecular weight is 522 g/mol. The van der Waals surface area contributed by atoms with Gasteiger partial charge in [-0.15, -0.1) is 10.2 Å². The molecule has 0 spiro atoms. The van der Waals surface area contributed by atoms with Crippen molar-refractivity contribution in [3.8, 4) is 5.69 Å². The normalized spacial score (nSPS) is 15.2. The number of hydrogen-bond donors (Lipinski definition) is 0. The van der Waals surface area contributed by atoms with Gasteiger partial charge in [-0.2, -0.15) is 0 Å². The quantitative estimate of drug-likeness (QED) is 0.199. The molecule has 0 N–H and O–H groups in total. The molecule has 1 atom stereocenters. The monoisotopic (exact) mass is 521 g/mol. The molecule has 0 bridgehead atoms. The standard InChI is InChI=1S/C28H32FN5O2S/c1-19-16-25(20(2)33(19)17-24-8-7-15-36-24)26(35)18-37-28-31-30-27(21(3)32-13-5-4-6-14-32)34(28)23-11-9-22(29)10-12-23/h7-12,15-16,21H,4-6,13-14,17-18H2,1-3H3. The minimum absolute atomic E-state index is 0.0306. The highest BCUT2D eigenvalue weighted by Gasteiger charge is 2.26. The number of thioether (sulfide) groups is 1. The Morgan fingerprint density at radius 1 is 1.11 bits per heavy atom. The third-order valence-corrected chi connectivity index (χ3v) is 8.08. The van der Waals surface area contributed by atoms with Crippen molar-refractivity contribution in [1.29, 1.82) is 0 Å². The molecule has 194 valence electrons. The van der Waals surface area contributed by atoms with E-state index in [1.54, 1.807) is 18.4 Å². The van der Waals surface area contributed by atoms with E-state index in [4.69, 9.17) is 4.42 Å². The summed E-state index contributed by atoms with van der Waals surface area (Å²) in [6, 6.07) is 12.2. The fourth-order valence-corrected chi connectivity index (χ4v) is 5.88. The smallest absolute Gasteiger partial charge is 0.196 e. The summed E-state index contributed by atoms with van der Waals surface area (Å²) in [5, 5.41) is 9.65. The first-order chi connectivity index (χ1) is 17.9. The minimum Gasteiger partial charge on any atom is -0.467 e. The van der Waals surface area contributed by atoms with E-state index in [1.807, 2.05) is 36.6 Å². The van der Waals surface area contributed by atoms with Crippen LogP contribution in [-0.2, 0) is 6.54 Å². The van der Waals surface area contributed by atoms with E-state index in [0.717, 1.165) is 41.7 Å². The van der Waals surface area contributed by atoms with Crippen molar-refractivity contribution in [2.24, 2.45) is 0 Å². The Balaban J connectivity index is 1.38. The number of piperidine rings is 1. The lowest BCUT2D eigenvalue weighted by atomic mass is 10.1. The fraction of sp³-hybridized carbons (Fsp3) is 0.393. The van der Waals surface area contributed by atoms with Crippen LogP contribution in [0.15, 0.2) is 58.3 Å². The highest BCUT2D eigenvalue weighted by molar-refractivity contribution is 7.99. The molecule has 37 heavy (non-hydrogen) atoms. The van der Waals surface area contributed by atoms with E-state index in [1.165, 1.54) is 43.2 Å². The van der Waals surface area contributed by atoms with Gasteiger partial charge in [-0.25, -0.2) is 4.39 Å². The minimum atomic E-state index is -0.295. The van der Waals surface area contributed by atoms with Crippen LogP contribution in [0.25, 0.3) is 5.69 Å². The Bertz CT molecular complexity index is 1350. The maximum absolute atomic E-state index is 13.7. The number of ketones is 1. The van der Waals surface area contributed by atoms with Crippen molar-refractivity contribution >= 4 is 17.5 Å². The van der Waals surface area contributed by atoms with Crippen molar-refractivity contribution in [3.05, 3.63) is 83.1 Å². The number of aromatic nitrogens is 4. The summed E-state index contributed by atoms with van der Waals surface area (Å²) in [6.45, 7) is 8.73. The lowest BCUT2D eigenvalue weighted by Crippen LogP contribution is -2.33. The Morgan fingerprint density at radius 2 is 1.86 bits per heavy atom. The Morgan fingerprint density at radius 3 is 2.57 bits per heavy atom. The first-order valence-electron chi connectivity index (χ1n) is 12.7. The summed E-state index contributed by atoms with van der Waals surface area (Å²) in [6.07, 6.45) is 5.25. The lowest BCUT2D eigenvalue weighted by Gasteiger charge is -2.31. The second kappa shape index (κ2) is 11.1. The topological polar surface area (TPSA) is 69.1 Å². The number of aryl methyl sites for hydroxylation is 1. The summed E-state index contributed by atoms with van der Waals surface area (Å²) in [5.41, 5.74) is 3.41. The number of halogens is 1. The summed E-state index contributed by atoms with van der Waals surface area (Å²) in [5.74, 6) is 1.61. The molecule has 0 aliphatic carbocycles. The highest BCUT2D eigenvalue weighted by Crippen LogP contribution is 2.30. The molecule has 3 aromatic heterocycles. The van der Waals surface area contributed by atoms with Gasteiger partial charge in [-0.1, -0.05) is 18.2 Å². The predicted molar refractivity (Wildman–Crippen MR) is 142 cm³/mol. The van der Waals surface area contributed by atoms with Gasteiger partial charge >= 0.3 is 0 Å². The molecular weight excluding hydrogens is 489 g/mol. The van der Waals surface area contributed by atoms with Gasteiger partial charge in [0.1, 0.15) is 11.6 Å². The van der Waals surface area contributed by atoms with E-state index in [9.17, 15) is 9.18 Å². The predicted octanol–water partition coefficient (Wildman–Crippen LogP) is 5.99. The van der Waals surface area contributed by atoms with Crippen LogP contribution < -0.4 is 0 Å². The molecule has 7 nitrogen and oxygen atoms in total. The Kier molecular flexibility index (Phi) is 7.62. The van der Waals surface area contributed by atoms with E-state index >= 15 is 0 Å². The molecule has 1 aliphatic rings. The van der Waals surface area contributed by atoms with E-state index in [0.29, 0.717) is 17.3 Å². The fourth-order valence-electron chi connectivity index (χ4n) is 5.04. The maximum Gasteiger partial charge on any atom is 0.196 e. The van der Waals surface area contributed by atoms with Gasteiger partial charge in [-0.3, -0.25) is 14.3 Å². The van der Waals surface area contributed by atoms with Crippen LogP contribution in [0.5, 0.6) is 0 Å². The SMILES string of the molecule is Cc1cc(C(=O)CSc2nnc(C(C)N3CCCCC3)n2-c2ccc(F)cc2)c(C)n1Cc1ccco1. The summed E-state index contributed by atoms with van der Waals surface area (Å²) in [7, 11) is 0. The summed E-state index contributed by atoms with van der Waals surface area (Å²) < 4.78 is 23.3. The molecule has 5 rings (SSSR count). The lowest BCUT2D eigenvalue weighted by molar-refractivity contribution is 0.102. The number of benzene rings is 1. The zero-order valence-corrected chi connectivity index (χ0v) is 22.3. The summed E-state index contributed by atoms with van der Waals surface area (Å²) >= 11 is 1.36. The number of likely N-dealkylation sites (tertiary alicyclic amines) is 1. The number of furan rings is 1. The molecule has 0 saturated carbocycles. The first kappa shape index (κ1) is 25.5. The Labute approximate surface area is 220 Å². The molecule has 4 aromatic rings. The Hall–Kier alpha value is -3.17. The number of carbonyl (C=O) groups excluding carboxylic acids is 1. The molecular formula is C28H32FN5O2S. The molecule has 1 fully saturated rings. The molecule has 0 amide bonds. The van der Waals surface area contributed by atoms with Crippen molar-refractivity contribution in [2.45, 2.75) is 57.8 Å². The number of Topliss-reactive ketones (excluding diaryl/α,β-unsaturated/α-hetero) is 1. The number of carbonyl (C=O) groups is 1. The highest BCUT2D eigenvalue weighted by atomic mass is 32.2. The maximum atomic E-state index is 13.7. The molecule has 9 heteroatoms. The van der Waals surface area contributed by atoms with E-state index < -0.39 is 0 Å². The zero-order valence-electron chi connectivity index (χ0n) is 21.5. The molecule has 1 aromatic carbocycles. The molecule has 0 radical (unpaired) electrons. The second-order valence-electron chi connectivity index (χ2n) is 9.59. The van der Waals surface area contributed by atoms with Crippen molar-refractivity contribution in [2.75, 3.05) is 18.8 Å². The number of rotatable bonds is 9. The number of nitrogens with zero attached hydrogens (tertiary/aromatic N) is 5. The van der Waals surface area contributed by atoms with Gasteiger partial charge in [-0.05, 0) is 89.2 Å². The molecule has 1 saturated heterocycles. The van der Waals surface area contributed by atoms with Gasteiger partial charge in [0.05, 0.1) is 24.6 Å². The zero-order chi connectivity index (χ0) is 25.9. The number of hydrogen-bond acceptors (Lipinski definition) is 6. The third-order valence-electron chi connectivity index (χ3n) is 7.16. The first-order valence-corrected chi connectivity index (χ1v) is 13.7. The largest absolute Gasteiger partial charge is 0.467 e. The van der Waals surface area contributed by atoms with Gasteiger partial charge in [0, 0.05) is 22.6 Å². The van der Waals surface area contributed by atoms with Crippen LogP contribution in [0.4, 0.5) is 4.39 Å². The van der Waals surface area contributed by atoms with Crippen LogP contribution in [0.1, 0.15) is 65.6 Å². The van der Waals surface area contributed by atoms with Crippen molar-refractivity contribution in [3.63, 3.8) is 0 Å². The van der Waals surface area contributed by atoms with Crippen LogP contribution in [0.3, 0.4) is 0 Å². The van der Waals surface area contributed by atoms with Crippen LogP contribution in [-0.4, -0.2) is 48.9 Å². The van der Waals surface area contributed by atoms with E-state index in [2.05, 4.69) is 26.6 Å². The van der Waals surface area contributed by atoms with Crippen molar-refractivity contribution in [1.82, 2.24) is 24.2 Å². The average Bonchev–Trinajstić information content (AvgIpc) is 3.64. The van der Waals surface area contributed by atoms with Gasteiger partial charge in [0.15, 0.2) is 16.8 Å². The third kappa shape index (κ3) is 5.43. The van der Waals surface area contributed by atoms with Crippen LogP contribution in [0.2, 0.25) is 0 Å². The summed E-state index contributed by atoms with van der Waals surface area (Å²) in [4.78, 5) is 15.7. The van der Waals surface area contributed by atoms with E-state index in [-0.39, 0.29) is 23.4 Å². The van der Waals surface area contributed by atoms with Crippen LogP contribution in [0, 0.1) is 19.7 Å².